The Kier molecular flexibility index (Phi) is 4.07. The zero-order chi connectivity index (χ0) is 12.3. The first-order valence-corrected chi connectivity index (χ1v) is 6.06. The van der Waals surface area contributed by atoms with Gasteiger partial charge in [-0.3, -0.25) is 0 Å². The molecule has 4 heteroatoms. The Morgan fingerprint density at radius 1 is 1.47 bits per heavy atom. The second kappa shape index (κ2) is 5.56. The Bertz CT molecular complexity index is 376. The fourth-order valence-electron chi connectivity index (χ4n) is 2.42. The van der Waals surface area contributed by atoms with Gasteiger partial charge in [-0.1, -0.05) is 0 Å². The molecule has 0 spiro atoms. The molecule has 0 amide bonds. The standard InChI is InChI=1S/C13H18F2N2/c1-16-13(8-10-3-2-6-17-10)11-7-9(14)4-5-12(11)15/h4-5,7,10,13,16-17H,2-3,6,8H2,1H3. The smallest absolute Gasteiger partial charge is 0.128 e. The monoisotopic (exact) mass is 240 g/mol. The third kappa shape index (κ3) is 3.01. The number of hydrogen-bond donors (Lipinski definition) is 2. The Balaban J connectivity index is 2.13. The van der Waals surface area contributed by atoms with Gasteiger partial charge in [0.25, 0.3) is 0 Å². The Morgan fingerprint density at radius 3 is 2.94 bits per heavy atom. The predicted molar refractivity (Wildman–Crippen MR) is 63.8 cm³/mol. The van der Waals surface area contributed by atoms with E-state index in [1.54, 1.807) is 7.05 Å². The molecule has 0 bridgehead atoms. The summed E-state index contributed by atoms with van der Waals surface area (Å²) in [7, 11) is 1.78. The van der Waals surface area contributed by atoms with Gasteiger partial charge in [-0.25, -0.2) is 8.78 Å². The molecule has 2 unspecified atom stereocenters. The molecule has 1 aliphatic heterocycles. The minimum atomic E-state index is -0.388. The molecular formula is C13H18F2N2. The van der Waals surface area contributed by atoms with Gasteiger partial charge >= 0.3 is 0 Å². The number of hydrogen-bond acceptors (Lipinski definition) is 2. The lowest BCUT2D eigenvalue weighted by Crippen LogP contribution is -2.29. The van der Waals surface area contributed by atoms with Crippen LogP contribution in [-0.4, -0.2) is 19.6 Å². The van der Waals surface area contributed by atoms with Crippen molar-refractivity contribution in [3.05, 3.63) is 35.4 Å². The molecule has 1 aromatic rings. The second-order valence-corrected chi connectivity index (χ2v) is 4.54. The van der Waals surface area contributed by atoms with Gasteiger partial charge in [-0.05, 0) is 51.1 Å². The maximum Gasteiger partial charge on any atom is 0.128 e. The van der Waals surface area contributed by atoms with Gasteiger partial charge in [0.1, 0.15) is 11.6 Å². The molecule has 0 saturated carbocycles. The summed E-state index contributed by atoms with van der Waals surface area (Å²) in [6, 6.07) is 3.89. The number of nitrogens with one attached hydrogen (secondary N) is 2. The summed E-state index contributed by atoms with van der Waals surface area (Å²) in [5, 5.41) is 6.44. The molecule has 2 atom stereocenters. The molecule has 2 N–H and O–H groups in total. The van der Waals surface area contributed by atoms with Crippen LogP contribution in [0.5, 0.6) is 0 Å². The van der Waals surface area contributed by atoms with E-state index in [1.807, 2.05) is 0 Å². The highest BCUT2D eigenvalue weighted by molar-refractivity contribution is 5.22. The van der Waals surface area contributed by atoms with Crippen molar-refractivity contribution in [1.29, 1.82) is 0 Å². The number of rotatable bonds is 4. The third-order valence-electron chi connectivity index (χ3n) is 3.36. The van der Waals surface area contributed by atoms with Crippen molar-refractivity contribution in [3.63, 3.8) is 0 Å². The summed E-state index contributed by atoms with van der Waals surface area (Å²) >= 11 is 0. The van der Waals surface area contributed by atoms with Crippen LogP contribution < -0.4 is 10.6 Å². The van der Waals surface area contributed by atoms with E-state index >= 15 is 0 Å². The number of benzene rings is 1. The molecule has 1 aliphatic rings. The first-order valence-electron chi connectivity index (χ1n) is 6.06. The Morgan fingerprint density at radius 2 is 2.29 bits per heavy atom. The van der Waals surface area contributed by atoms with Gasteiger partial charge < -0.3 is 10.6 Å². The molecular weight excluding hydrogens is 222 g/mol. The summed E-state index contributed by atoms with van der Waals surface area (Å²) in [5.41, 5.74) is 0.418. The first kappa shape index (κ1) is 12.5. The minimum absolute atomic E-state index is 0.138. The fraction of sp³-hybridized carbons (Fsp3) is 0.538. The first-order chi connectivity index (χ1) is 8.20. The minimum Gasteiger partial charge on any atom is -0.314 e. The third-order valence-corrected chi connectivity index (χ3v) is 3.36. The lowest BCUT2D eigenvalue weighted by atomic mass is 9.98. The van der Waals surface area contributed by atoms with Gasteiger partial charge in [-0.2, -0.15) is 0 Å². The van der Waals surface area contributed by atoms with Gasteiger partial charge in [-0.15, -0.1) is 0 Å². The molecule has 0 aromatic heterocycles. The fourth-order valence-corrected chi connectivity index (χ4v) is 2.42. The van der Waals surface area contributed by atoms with Crippen LogP contribution in [0, 0.1) is 11.6 Å². The van der Waals surface area contributed by atoms with Crippen molar-refractivity contribution in [3.8, 4) is 0 Å². The van der Waals surface area contributed by atoms with Gasteiger partial charge in [0.2, 0.25) is 0 Å². The van der Waals surface area contributed by atoms with Gasteiger partial charge in [0.15, 0.2) is 0 Å². The SMILES string of the molecule is CNC(CC1CCCN1)c1cc(F)ccc1F. The summed E-state index contributed by atoms with van der Waals surface area (Å²) in [6.07, 6.45) is 3.05. The highest BCUT2D eigenvalue weighted by Crippen LogP contribution is 2.24. The van der Waals surface area contributed by atoms with Crippen LogP contribution in [-0.2, 0) is 0 Å². The Hall–Kier alpha value is -1.00. The quantitative estimate of drug-likeness (QED) is 0.844. The van der Waals surface area contributed by atoms with Crippen LogP contribution in [0.15, 0.2) is 18.2 Å². The molecule has 1 saturated heterocycles. The van der Waals surface area contributed by atoms with E-state index in [0.29, 0.717) is 11.6 Å². The van der Waals surface area contributed by atoms with E-state index in [-0.39, 0.29) is 17.7 Å². The summed E-state index contributed by atoms with van der Waals surface area (Å²) in [5.74, 6) is -0.732. The van der Waals surface area contributed by atoms with Crippen LogP contribution in [0.3, 0.4) is 0 Å². The molecule has 2 nitrogen and oxygen atoms in total. The van der Waals surface area contributed by atoms with E-state index in [9.17, 15) is 8.78 Å². The second-order valence-electron chi connectivity index (χ2n) is 4.54. The lowest BCUT2D eigenvalue weighted by Gasteiger charge is -2.21. The molecule has 0 aliphatic carbocycles. The molecule has 17 heavy (non-hydrogen) atoms. The molecule has 1 heterocycles. The molecule has 2 rings (SSSR count). The van der Waals surface area contributed by atoms with Crippen molar-refractivity contribution in [1.82, 2.24) is 10.6 Å². The summed E-state index contributed by atoms with van der Waals surface area (Å²) < 4.78 is 26.8. The van der Waals surface area contributed by atoms with Crippen molar-refractivity contribution >= 4 is 0 Å². The van der Waals surface area contributed by atoms with Crippen molar-refractivity contribution in [2.75, 3.05) is 13.6 Å². The zero-order valence-corrected chi connectivity index (χ0v) is 9.97. The highest BCUT2D eigenvalue weighted by Gasteiger charge is 2.22. The van der Waals surface area contributed by atoms with E-state index in [2.05, 4.69) is 10.6 Å². The zero-order valence-electron chi connectivity index (χ0n) is 9.97. The number of halogens is 2. The van der Waals surface area contributed by atoms with Crippen molar-refractivity contribution < 1.29 is 8.78 Å². The molecule has 0 radical (unpaired) electrons. The van der Waals surface area contributed by atoms with Gasteiger partial charge in [0.05, 0.1) is 0 Å². The molecule has 94 valence electrons. The van der Waals surface area contributed by atoms with Crippen molar-refractivity contribution in [2.24, 2.45) is 0 Å². The van der Waals surface area contributed by atoms with E-state index in [0.717, 1.165) is 31.9 Å². The summed E-state index contributed by atoms with van der Waals surface area (Å²) in [6.45, 7) is 1.02. The van der Waals surface area contributed by atoms with Crippen LogP contribution in [0.2, 0.25) is 0 Å². The van der Waals surface area contributed by atoms with Crippen molar-refractivity contribution in [2.45, 2.75) is 31.3 Å². The largest absolute Gasteiger partial charge is 0.314 e. The predicted octanol–water partition coefficient (Wildman–Crippen LogP) is 2.37. The van der Waals surface area contributed by atoms with E-state index in [1.165, 1.54) is 12.1 Å². The maximum absolute atomic E-state index is 13.7. The maximum atomic E-state index is 13.7. The molecule has 1 aromatic carbocycles. The highest BCUT2D eigenvalue weighted by atomic mass is 19.1. The average molecular weight is 240 g/mol. The average Bonchev–Trinajstić information content (AvgIpc) is 2.82. The normalized spacial score (nSPS) is 21.7. The van der Waals surface area contributed by atoms with Gasteiger partial charge in [0, 0.05) is 17.6 Å². The van der Waals surface area contributed by atoms with Crippen LogP contribution in [0.4, 0.5) is 8.78 Å². The lowest BCUT2D eigenvalue weighted by molar-refractivity contribution is 0.436. The van der Waals surface area contributed by atoms with E-state index < -0.39 is 0 Å². The Labute approximate surface area is 100 Å². The summed E-state index contributed by atoms with van der Waals surface area (Å²) in [4.78, 5) is 0. The molecule has 1 fully saturated rings. The van der Waals surface area contributed by atoms with Crippen LogP contribution in [0.1, 0.15) is 30.9 Å². The van der Waals surface area contributed by atoms with Crippen LogP contribution >= 0.6 is 0 Å². The van der Waals surface area contributed by atoms with E-state index in [4.69, 9.17) is 0 Å². The van der Waals surface area contributed by atoms with Crippen LogP contribution in [0.25, 0.3) is 0 Å². The topological polar surface area (TPSA) is 24.1 Å².